The number of hydrogen-bond donors (Lipinski definition) is 2. The largest absolute Gasteiger partial charge is 0.490 e. The predicted molar refractivity (Wildman–Crippen MR) is 122 cm³/mol. The first-order valence-electron chi connectivity index (χ1n) is 11.3. The van der Waals surface area contributed by atoms with E-state index in [1.807, 2.05) is 18.2 Å². The summed E-state index contributed by atoms with van der Waals surface area (Å²) in [4.78, 5) is 36.0. The number of alkyl halides is 6. The summed E-state index contributed by atoms with van der Waals surface area (Å²) in [6.07, 6.45) is -9.04. The number of hydrogen-bond acceptors (Lipinski definition) is 7. The third-order valence-electron chi connectivity index (χ3n) is 5.55. The van der Waals surface area contributed by atoms with Crippen molar-refractivity contribution in [1.29, 1.82) is 5.26 Å². The number of nitriles is 1. The zero-order valence-corrected chi connectivity index (χ0v) is 21.0. The Kier molecular flexibility index (Phi) is 12.6. The summed E-state index contributed by atoms with van der Waals surface area (Å²) in [5, 5.41) is 23.3. The van der Waals surface area contributed by atoms with Gasteiger partial charge in [-0.1, -0.05) is 12.1 Å². The van der Waals surface area contributed by atoms with Gasteiger partial charge in [0.2, 0.25) is 5.91 Å². The molecule has 2 fully saturated rings. The highest BCUT2D eigenvalue weighted by molar-refractivity contribution is 5.76. The van der Waals surface area contributed by atoms with Crippen LogP contribution in [0.3, 0.4) is 0 Å². The maximum absolute atomic E-state index is 11.7. The zero-order chi connectivity index (χ0) is 30.0. The third-order valence-corrected chi connectivity index (χ3v) is 5.55. The van der Waals surface area contributed by atoms with Crippen LogP contribution < -0.4 is 0 Å². The van der Waals surface area contributed by atoms with E-state index in [-0.39, 0.29) is 18.6 Å². The SMILES string of the molecule is CN(C)C(=O)CO[C@@H]1C[C@H]2CN(Cc3cccc(C#N)c3)CCN2C1.O=C(O)C(F)(F)F.O=C(O)C(F)(F)F. The molecule has 0 aliphatic carbocycles. The van der Waals surface area contributed by atoms with Crippen molar-refractivity contribution in [3.63, 3.8) is 0 Å². The minimum absolute atomic E-state index is 0.0175. The molecular weight excluding hydrogens is 542 g/mol. The monoisotopic (exact) mass is 570 g/mol. The standard InChI is InChI=1S/C19H26N4O2.2C2HF3O2/c1-21(2)19(24)14-25-18-9-17-12-22(6-7-23(17)13-18)11-16-5-3-4-15(8-16)10-20;2*3-2(4,5)1(6)7/h3-5,8,17-18H,6-7,9,11-14H2,1-2H3;2*(H,6,7)/t17-,18+;;/m0../s1. The summed E-state index contributed by atoms with van der Waals surface area (Å²) in [6.45, 7) is 5.04. The number of fused-ring (bicyclic) bond motifs is 1. The average Bonchev–Trinajstić information content (AvgIpc) is 3.24. The van der Waals surface area contributed by atoms with Crippen LogP contribution in [0.15, 0.2) is 24.3 Å². The lowest BCUT2D eigenvalue weighted by molar-refractivity contribution is -0.193. The van der Waals surface area contributed by atoms with Crippen LogP contribution in [0, 0.1) is 11.3 Å². The Bertz CT molecular complexity index is 1000. The molecule has 0 unspecified atom stereocenters. The molecule has 0 radical (unpaired) electrons. The molecule has 0 aromatic heterocycles. The maximum atomic E-state index is 11.7. The van der Waals surface area contributed by atoms with Crippen molar-refractivity contribution in [1.82, 2.24) is 14.7 Å². The van der Waals surface area contributed by atoms with Gasteiger partial charge >= 0.3 is 24.3 Å². The Morgan fingerprint density at radius 1 is 1.05 bits per heavy atom. The first kappa shape index (κ1) is 33.6. The highest BCUT2D eigenvalue weighted by atomic mass is 19.4. The van der Waals surface area contributed by atoms with E-state index in [4.69, 9.17) is 29.8 Å². The lowest BCUT2D eigenvalue weighted by Crippen LogP contribution is -2.49. The second kappa shape index (κ2) is 14.7. The number of ether oxygens (including phenoxy) is 1. The zero-order valence-electron chi connectivity index (χ0n) is 21.0. The number of carboxylic acids is 2. The molecule has 2 heterocycles. The fourth-order valence-electron chi connectivity index (χ4n) is 3.64. The van der Waals surface area contributed by atoms with Crippen molar-refractivity contribution in [2.24, 2.45) is 0 Å². The second-order valence-corrected chi connectivity index (χ2v) is 8.76. The summed E-state index contributed by atoms with van der Waals surface area (Å²) < 4.78 is 69.3. The Balaban J connectivity index is 0.000000449. The van der Waals surface area contributed by atoms with Gasteiger partial charge in [-0.2, -0.15) is 31.6 Å². The van der Waals surface area contributed by atoms with Crippen molar-refractivity contribution in [2.75, 3.05) is 46.9 Å². The molecule has 16 heteroatoms. The number of piperazine rings is 1. The normalized spacial score (nSPS) is 19.4. The van der Waals surface area contributed by atoms with Crippen LogP contribution in [0.25, 0.3) is 0 Å². The summed E-state index contributed by atoms with van der Waals surface area (Å²) in [7, 11) is 3.51. The number of carboxylic acid groups (broad SMARTS) is 2. The summed E-state index contributed by atoms with van der Waals surface area (Å²) in [6, 6.07) is 10.5. The number of nitrogens with zero attached hydrogens (tertiary/aromatic N) is 4. The molecule has 2 aliphatic heterocycles. The molecule has 1 amide bonds. The molecule has 3 rings (SSSR count). The molecule has 2 N–H and O–H groups in total. The lowest BCUT2D eigenvalue weighted by Gasteiger charge is -2.37. The molecular formula is C23H28F6N4O6. The van der Waals surface area contributed by atoms with E-state index in [1.54, 1.807) is 19.0 Å². The highest BCUT2D eigenvalue weighted by Gasteiger charge is 2.39. The summed E-state index contributed by atoms with van der Waals surface area (Å²) in [5.74, 6) is -5.50. The molecule has 0 bridgehead atoms. The number of carbonyl (C=O) groups is 3. The summed E-state index contributed by atoms with van der Waals surface area (Å²) >= 11 is 0. The quantitative estimate of drug-likeness (QED) is 0.511. The van der Waals surface area contributed by atoms with Gasteiger partial charge in [0.25, 0.3) is 0 Å². The smallest absolute Gasteiger partial charge is 0.475 e. The molecule has 218 valence electrons. The van der Waals surface area contributed by atoms with Crippen molar-refractivity contribution in [3.05, 3.63) is 35.4 Å². The highest BCUT2D eigenvalue weighted by Crippen LogP contribution is 2.25. The fourth-order valence-corrected chi connectivity index (χ4v) is 3.64. The predicted octanol–water partition coefficient (Wildman–Crippen LogP) is 2.19. The molecule has 39 heavy (non-hydrogen) atoms. The van der Waals surface area contributed by atoms with Crippen molar-refractivity contribution in [3.8, 4) is 6.07 Å². The Labute approximate surface area is 219 Å². The van der Waals surface area contributed by atoms with E-state index in [0.717, 1.165) is 44.7 Å². The van der Waals surface area contributed by atoms with E-state index in [9.17, 15) is 31.1 Å². The maximum Gasteiger partial charge on any atom is 0.490 e. The molecule has 2 aliphatic rings. The van der Waals surface area contributed by atoms with Crippen molar-refractivity contribution >= 4 is 17.8 Å². The van der Waals surface area contributed by atoms with Gasteiger partial charge in [0.05, 0.1) is 17.7 Å². The Morgan fingerprint density at radius 2 is 1.62 bits per heavy atom. The van der Waals surface area contributed by atoms with Crippen LogP contribution in [0.2, 0.25) is 0 Å². The molecule has 2 saturated heterocycles. The Morgan fingerprint density at radius 3 is 2.10 bits per heavy atom. The van der Waals surface area contributed by atoms with Crippen LogP contribution in [-0.4, -0.2) is 114 Å². The van der Waals surface area contributed by atoms with E-state index in [2.05, 4.69) is 21.9 Å². The number of carbonyl (C=O) groups excluding carboxylic acids is 1. The number of benzene rings is 1. The van der Waals surface area contributed by atoms with Gasteiger partial charge in [0.1, 0.15) is 6.61 Å². The van der Waals surface area contributed by atoms with E-state index >= 15 is 0 Å². The number of likely N-dealkylation sites (N-methyl/N-ethyl adjacent to an activating group) is 1. The first-order valence-corrected chi connectivity index (χ1v) is 11.3. The second-order valence-electron chi connectivity index (χ2n) is 8.76. The van der Waals surface area contributed by atoms with E-state index in [0.29, 0.717) is 6.04 Å². The van der Waals surface area contributed by atoms with Crippen LogP contribution in [0.4, 0.5) is 26.3 Å². The van der Waals surface area contributed by atoms with Gasteiger partial charge in [-0.3, -0.25) is 14.6 Å². The fraction of sp³-hybridized carbons (Fsp3) is 0.565. The molecule has 10 nitrogen and oxygen atoms in total. The van der Waals surface area contributed by atoms with Crippen LogP contribution in [-0.2, 0) is 25.7 Å². The van der Waals surface area contributed by atoms with Crippen molar-refractivity contribution < 1.29 is 55.7 Å². The average molecular weight is 570 g/mol. The van der Waals surface area contributed by atoms with E-state index in [1.165, 1.54) is 5.56 Å². The molecule has 1 aromatic rings. The molecule has 0 spiro atoms. The van der Waals surface area contributed by atoms with E-state index < -0.39 is 24.3 Å². The van der Waals surface area contributed by atoms with Crippen LogP contribution in [0.5, 0.6) is 0 Å². The van der Waals surface area contributed by atoms with Crippen LogP contribution >= 0.6 is 0 Å². The van der Waals surface area contributed by atoms with Gasteiger partial charge < -0.3 is 19.8 Å². The van der Waals surface area contributed by atoms with Gasteiger partial charge in [-0.05, 0) is 24.1 Å². The van der Waals surface area contributed by atoms with Crippen molar-refractivity contribution in [2.45, 2.75) is 37.5 Å². The van der Waals surface area contributed by atoms with Gasteiger partial charge in [-0.15, -0.1) is 0 Å². The topological polar surface area (TPSA) is 134 Å². The minimum Gasteiger partial charge on any atom is -0.475 e. The van der Waals surface area contributed by atoms with Gasteiger partial charge in [0, 0.05) is 52.9 Å². The third kappa shape index (κ3) is 12.3. The number of halogens is 6. The minimum atomic E-state index is -5.08. The van der Waals surface area contributed by atoms with Gasteiger partial charge in [-0.25, -0.2) is 9.59 Å². The Hall–Kier alpha value is -3.42. The number of amides is 1. The van der Waals surface area contributed by atoms with Gasteiger partial charge in [0.15, 0.2) is 0 Å². The van der Waals surface area contributed by atoms with Crippen LogP contribution in [0.1, 0.15) is 17.5 Å². The summed E-state index contributed by atoms with van der Waals surface area (Å²) in [5.41, 5.74) is 1.91. The lowest BCUT2D eigenvalue weighted by atomic mass is 10.1. The number of aliphatic carboxylic acids is 2. The first-order chi connectivity index (χ1) is 17.9. The number of rotatable bonds is 5. The molecule has 1 aromatic carbocycles. The molecule has 0 saturated carbocycles. The molecule has 2 atom stereocenters.